The molecule has 2 aromatic rings. The van der Waals surface area contributed by atoms with E-state index in [0.717, 1.165) is 5.39 Å². The number of nitrogens with one attached hydrogen (secondary N) is 1. The first-order valence-corrected chi connectivity index (χ1v) is 3.99. The Morgan fingerprint density at radius 2 is 2.23 bits per heavy atom. The summed E-state index contributed by atoms with van der Waals surface area (Å²) in [5.74, 6) is 0.366. The Morgan fingerprint density at radius 1 is 1.46 bits per heavy atom. The highest BCUT2D eigenvalue weighted by atomic mass is 35.5. The maximum atomic E-state index is 11.1. The fraction of sp³-hybridized carbons (Fsp3) is 0. The van der Waals surface area contributed by atoms with Crippen LogP contribution in [-0.2, 0) is 0 Å². The first-order valence-electron chi connectivity index (χ1n) is 3.62. The molecule has 0 aliphatic rings. The molecule has 0 aliphatic heterocycles. The number of nitrogen functional groups attached to an aromatic ring is 1. The Hall–Kier alpha value is -1.55. The summed E-state index contributed by atoms with van der Waals surface area (Å²) in [6, 6.07) is 4.96. The Labute approximate surface area is 78.4 Å². The number of hydrogen-bond acceptors (Lipinski definition) is 3. The first-order chi connectivity index (χ1) is 6.16. The van der Waals surface area contributed by atoms with Crippen molar-refractivity contribution in [1.82, 2.24) is 9.97 Å². The average molecular weight is 196 g/mol. The smallest absolute Gasteiger partial charge is 0.268 e. The second-order valence-corrected chi connectivity index (χ2v) is 3.03. The molecule has 2 aromatic heterocycles. The number of pyridine rings is 2. The van der Waals surface area contributed by atoms with Crippen LogP contribution in [0.2, 0.25) is 5.02 Å². The molecule has 5 heteroatoms. The number of H-pyrrole nitrogens is 1. The Morgan fingerprint density at radius 3 is 3.00 bits per heavy atom. The van der Waals surface area contributed by atoms with Crippen molar-refractivity contribution in [1.29, 1.82) is 0 Å². The van der Waals surface area contributed by atoms with Gasteiger partial charge in [0.2, 0.25) is 0 Å². The molecule has 3 N–H and O–H groups in total. The predicted octanol–water partition coefficient (Wildman–Crippen LogP) is 1.16. The fourth-order valence-electron chi connectivity index (χ4n) is 1.07. The van der Waals surface area contributed by atoms with E-state index in [1.165, 1.54) is 0 Å². The van der Waals surface area contributed by atoms with Crippen molar-refractivity contribution < 1.29 is 0 Å². The van der Waals surface area contributed by atoms with E-state index in [2.05, 4.69) is 9.97 Å². The number of nitrogens with zero attached hydrogens (tertiary/aromatic N) is 1. The van der Waals surface area contributed by atoms with Crippen LogP contribution in [-0.4, -0.2) is 9.97 Å². The van der Waals surface area contributed by atoms with Gasteiger partial charge in [-0.05, 0) is 18.2 Å². The number of halogens is 1. The second kappa shape index (κ2) is 2.74. The van der Waals surface area contributed by atoms with Gasteiger partial charge in [-0.25, -0.2) is 4.98 Å². The van der Waals surface area contributed by atoms with E-state index in [9.17, 15) is 4.79 Å². The SMILES string of the molecule is Nc1ccc2cc(Cl)c(=O)[nH]c2n1. The van der Waals surface area contributed by atoms with Crippen molar-refractivity contribution in [3.8, 4) is 0 Å². The lowest BCUT2D eigenvalue weighted by atomic mass is 10.3. The number of aromatic amines is 1. The molecule has 13 heavy (non-hydrogen) atoms. The Balaban J connectivity index is 2.89. The molecule has 0 saturated heterocycles. The molecule has 66 valence electrons. The lowest BCUT2D eigenvalue weighted by Gasteiger charge is -1.97. The molecule has 4 nitrogen and oxygen atoms in total. The van der Waals surface area contributed by atoms with Crippen molar-refractivity contribution in [3.63, 3.8) is 0 Å². The molecule has 2 heterocycles. The molecule has 2 rings (SSSR count). The number of rotatable bonds is 0. The van der Waals surface area contributed by atoms with E-state index in [4.69, 9.17) is 17.3 Å². The van der Waals surface area contributed by atoms with Gasteiger partial charge >= 0.3 is 0 Å². The van der Waals surface area contributed by atoms with Gasteiger partial charge in [0.25, 0.3) is 5.56 Å². The third-order valence-electron chi connectivity index (χ3n) is 1.68. The number of anilines is 1. The van der Waals surface area contributed by atoms with E-state index in [1.807, 2.05) is 0 Å². The van der Waals surface area contributed by atoms with Crippen LogP contribution < -0.4 is 11.3 Å². The van der Waals surface area contributed by atoms with Crippen LogP contribution in [0, 0.1) is 0 Å². The molecule has 0 radical (unpaired) electrons. The molecular weight excluding hydrogens is 190 g/mol. The Bertz CT molecular complexity index is 520. The molecule has 0 aromatic carbocycles. The molecule has 0 saturated carbocycles. The lowest BCUT2D eigenvalue weighted by molar-refractivity contribution is 1.24. The van der Waals surface area contributed by atoms with Crippen LogP contribution in [0.5, 0.6) is 0 Å². The minimum absolute atomic E-state index is 0.152. The molecule has 0 aliphatic carbocycles. The zero-order chi connectivity index (χ0) is 9.42. The third-order valence-corrected chi connectivity index (χ3v) is 1.96. The molecule has 0 fully saturated rings. The predicted molar refractivity (Wildman–Crippen MR) is 51.8 cm³/mol. The molecule has 0 bridgehead atoms. The third kappa shape index (κ3) is 1.36. The van der Waals surface area contributed by atoms with Crippen molar-refractivity contribution in [2.45, 2.75) is 0 Å². The van der Waals surface area contributed by atoms with E-state index in [0.29, 0.717) is 11.5 Å². The number of aromatic nitrogens is 2. The summed E-state index contributed by atoms with van der Waals surface area (Å²) in [5.41, 5.74) is 5.54. The topological polar surface area (TPSA) is 71.8 Å². The Kier molecular flexibility index (Phi) is 1.70. The van der Waals surface area contributed by atoms with E-state index >= 15 is 0 Å². The van der Waals surface area contributed by atoms with Crippen molar-refractivity contribution >= 4 is 28.5 Å². The van der Waals surface area contributed by atoms with Crippen LogP contribution in [0.15, 0.2) is 23.0 Å². The molecule has 0 spiro atoms. The summed E-state index contributed by atoms with van der Waals surface area (Å²) in [7, 11) is 0. The normalized spacial score (nSPS) is 10.5. The van der Waals surface area contributed by atoms with Gasteiger partial charge in [0.05, 0.1) is 0 Å². The lowest BCUT2D eigenvalue weighted by Crippen LogP contribution is -2.06. The van der Waals surface area contributed by atoms with Gasteiger partial charge in [0.1, 0.15) is 16.5 Å². The number of hydrogen-bond donors (Lipinski definition) is 2. The van der Waals surface area contributed by atoms with Gasteiger partial charge in [-0.3, -0.25) is 4.79 Å². The van der Waals surface area contributed by atoms with Crippen LogP contribution in [0.3, 0.4) is 0 Å². The summed E-state index contributed by atoms with van der Waals surface area (Å²) < 4.78 is 0. The minimum atomic E-state index is -0.354. The maximum Gasteiger partial charge on any atom is 0.268 e. The summed E-state index contributed by atoms with van der Waals surface area (Å²) in [4.78, 5) is 17.5. The van der Waals surface area contributed by atoms with Gasteiger partial charge in [-0.2, -0.15) is 0 Å². The van der Waals surface area contributed by atoms with E-state index in [-0.39, 0.29) is 10.6 Å². The van der Waals surface area contributed by atoms with Gasteiger partial charge in [0.15, 0.2) is 0 Å². The van der Waals surface area contributed by atoms with Crippen LogP contribution in [0.1, 0.15) is 0 Å². The van der Waals surface area contributed by atoms with Crippen LogP contribution in [0.25, 0.3) is 11.0 Å². The quantitative estimate of drug-likeness (QED) is 0.663. The highest BCUT2D eigenvalue weighted by molar-refractivity contribution is 6.30. The molecule has 0 atom stereocenters. The largest absolute Gasteiger partial charge is 0.384 e. The number of fused-ring (bicyclic) bond motifs is 1. The summed E-state index contributed by atoms with van der Waals surface area (Å²) in [6.45, 7) is 0. The van der Waals surface area contributed by atoms with Crippen molar-refractivity contribution in [2.24, 2.45) is 0 Å². The summed E-state index contributed by atoms with van der Waals surface area (Å²) in [6.07, 6.45) is 0. The standard InChI is InChI=1S/C8H6ClN3O/c9-5-3-4-1-2-6(10)11-7(4)12-8(5)13/h1-3H,(H3,10,11,12,13). The summed E-state index contributed by atoms with van der Waals surface area (Å²) in [5, 5.41) is 0.915. The van der Waals surface area contributed by atoms with Gasteiger partial charge in [-0.15, -0.1) is 0 Å². The zero-order valence-corrected chi connectivity index (χ0v) is 7.30. The maximum absolute atomic E-state index is 11.1. The van der Waals surface area contributed by atoms with E-state index < -0.39 is 0 Å². The first kappa shape index (κ1) is 8.07. The van der Waals surface area contributed by atoms with Crippen LogP contribution in [0.4, 0.5) is 5.82 Å². The van der Waals surface area contributed by atoms with Crippen LogP contribution >= 0.6 is 11.6 Å². The highest BCUT2D eigenvalue weighted by Crippen LogP contribution is 2.12. The molecule has 0 unspecified atom stereocenters. The molecular formula is C8H6ClN3O. The highest BCUT2D eigenvalue weighted by Gasteiger charge is 2.00. The summed E-state index contributed by atoms with van der Waals surface area (Å²) >= 11 is 5.62. The fourth-order valence-corrected chi connectivity index (χ4v) is 1.24. The zero-order valence-electron chi connectivity index (χ0n) is 6.54. The van der Waals surface area contributed by atoms with Gasteiger partial charge < -0.3 is 10.7 Å². The second-order valence-electron chi connectivity index (χ2n) is 2.62. The van der Waals surface area contributed by atoms with Crippen molar-refractivity contribution in [3.05, 3.63) is 33.6 Å². The van der Waals surface area contributed by atoms with Gasteiger partial charge in [0, 0.05) is 5.39 Å². The average Bonchev–Trinajstić information content (AvgIpc) is 2.08. The molecule has 0 amide bonds. The monoisotopic (exact) mass is 195 g/mol. The van der Waals surface area contributed by atoms with Crippen molar-refractivity contribution in [2.75, 3.05) is 5.73 Å². The minimum Gasteiger partial charge on any atom is -0.384 e. The number of nitrogens with two attached hydrogens (primary N) is 1. The van der Waals surface area contributed by atoms with Gasteiger partial charge in [-0.1, -0.05) is 11.6 Å². The van der Waals surface area contributed by atoms with E-state index in [1.54, 1.807) is 18.2 Å².